The smallest absolute Gasteiger partial charge is 0.352 e. The standard InChI is InChI=1S/C16H21F2NO3/c1-11(12-6-3-4-7-13(12)22-2)10-19-14(20)16(17,18)15(21)8-5-9-15/h3-4,6-7,11,21H,5,8-10H2,1-2H3,(H,19,20). The molecule has 1 aromatic carbocycles. The molecule has 2 rings (SSSR count). The molecule has 0 radical (unpaired) electrons. The van der Waals surface area contributed by atoms with Crippen molar-refractivity contribution in [3.05, 3.63) is 29.8 Å². The van der Waals surface area contributed by atoms with Crippen molar-refractivity contribution in [2.24, 2.45) is 0 Å². The SMILES string of the molecule is COc1ccccc1C(C)CNC(=O)C(F)(F)C1(O)CCC1. The van der Waals surface area contributed by atoms with Crippen molar-refractivity contribution in [1.29, 1.82) is 0 Å². The fraction of sp³-hybridized carbons (Fsp3) is 0.562. The van der Waals surface area contributed by atoms with E-state index in [1.165, 1.54) is 7.11 Å². The lowest BCUT2D eigenvalue weighted by Gasteiger charge is -2.41. The summed E-state index contributed by atoms with van der Waals surface area (Å²) in [6.07, 6.45) is 0.419. The summed E-state index contributed by atoms with van der Waals surface area (Å²) in [5.41, 5.74) is -1.36. The topological polar surface area (TPSA) is 58.6 Å². The summed E-state index contributed by atoms with van der Waals surface area (Å²) in [5, 5.41) is 12.0. The maximum Gasteiger partial charge on any atom is 0.352 e. The van der Waals surface area contributed by atoms with Crippen LogP contribution in [0.3, 0.4) is 0 Å². The Morgan fingerprint density at radius 3 is 2.64 bits per heavy atom. The first-order chi connectivity index (χ1) is 10.3. The van der Waals surface area contributed by atoms with Gasteiger partial charge in [0, 0.05) is 12.5 Å². The van der Waals surface area contributed by atoms with Crippen molar-refractivity contribution in [1.82, 2.24) is 5.32 Å². The van der Waals surface area contributed by atoms with Gasteiger partial charge in [-0.25, -0.2) is 0 Å². The van der Waals surface area contributed by atoms with E-state index in [2.05, 4.69) is 5.32 Å². The Hall–Kier alpha value is -1.69. The van der Waals surface area contributed by atoms with Crippen LogP contribution in [-0.4, -0.2) is 36.2 Å². The number of ether oxygens (including phenoxy) is 1. The van der Waals surface area contributed by atoms with Gasteiger partial charge in [0.25, 0.3) is 5.91 Å². The number of alkyl halides is 2. The second kappa shape index (κ2) is 6.20. The molecule has 1 aliphatic carbocycles. The van der Waals surface area contributed by atoms with Crippen molar-refractivity contribution in [3.63, 3.8) is 0 Å². The van der Waals surface area contributed by atoms with Gasteiger partial charge in [-0.2, -0.15) is 8.78 Å². The van der Waals surface area contributed by atoms with Crippen LogP contribution in [0.4, 0.5) is 8.78 Å². The largest absolute Gasteiger partial charge is 0.496 e. The minimum absolute atomic E-state index is 0.0461. The number of hydrogen-bond donors (Lipinski definition) is 2. The molecule has 1 saturated carbocycles. The van der Waals surface area contributed by atoms with Gasteiger partial charge >= 0.3 is 5.92 Å². The Kier molecular flexibility index (Phi) is 4.70. The predicted octanol–water partition coefficient (Wildman–Crippen LogP) is 2.47. The zero-order valence-corrected chi connectivity index (χ0v) is 12.7. The molecular weight excluding hydrogens is 292 g/mol. The van der Waals surface area contributed by atoms with E-state index in [9.17, 15) is 18.7 Å². The molecule has 1 unspecified atom stereocenters. The Morgan fingerprint density at radius 2 is 2.09 bits per heavy atom. The van der Waals surface area contributed by atoms with Gasteiger partial charge in [-0.05, 0) is 30.9 Å². The molecule has 1 aliphatic rings. The second-order valence-corrected chi connectivity index (χ2v) is 5.81. The maximum absolute atomic E-state index is 14.0. The first-order valence-corrected chi connectivity index (χ1v) is 7.33. The van der Waals surface area contributed by atoms with Crippen LogP contribution in [-0.2, 0) is 4.79 Å². The molecule has 0 saturated heterocycles. The van der Waals surface area contributed by atoms with Crippen molar-refractivity contribution in [2.45, 2.75) is 43.6 Å². The minimum Gasteiger partial charge on any atom is -0.496 e. The molecular formula is C16H21F2NO3. The summed E-state index contributed by atoms with van der Waals surface area (Å²) < 4.78 is 33.1. The fourth-order valence-electron chi connectivity index (χ4n) is 2.58. The molecule has 0 heterocycles. The number of hydrogen-bond acceptors (Lipinski definition) is 3. The fourth-order valence-corrected chi connectivity index (χ4v) is 2.58. The monoisotopic (exact) mass is 313 g/mol. The number of methoxy groups -OCH3 is 1. The molecule has 6 heteroatoms. The van der Waals surface area contributed by atoms with E-state index in [1.807, 2.05) is 25.1 Å². The highest BCUT2D eigenvalue weighted by Crippen LogP contribution is 2.44. The molecule has 122 valence electrons. The van der Waals surface area contributed by atoms with Gasteiger partial charge < -0.3 is 15.2 Å². The van der Waals surface area contributed by atoms with Gasteiger partial charge in [0.2, 0.25) is 0 Å². The number of aliphatic hydroxyl groups is 1. The Labute approximate surface area is 128 Å². The van der Waals surface area contributed by atoms with Crippen LogP contribution >= 0.6 is 0 Å². The first-order valence-electron chi connectivity index (χ1n) is 7.33. The van der Waals surface area contributed by atoms with Crippen LogP contribution in [0.1, 0.15) is 37.7 Å². The third-order valence-corrected chi connectivity index (χ3v) is 4.29. The van der Waals surface area contributed by atoms with Crippen molar-refractivity contribution < 1.29 is 23.4 Å². The molecule has 0 spiro atoms. The van der Waals surface area contributed by atoms with Gasteiger partial charge in [0.05, 0.1) is 7.11 Å². The van der Waals surface area contributed by atoms with E-state index in [1.54, 1.807) is 6.07 Å². The highest BCUT2D eigenvalue weighted by Gasteiger charge is 2.61. The number of carbonyl (C=O) groups is 1. The van der Waals surface area contributed by atoms with Crippen molar-refractivity contribution in [3.8, 4) is 5.75 Å². The van der Waals surface area contributed by atoms with Gasteiger partial charge in [-0.15, -0.1) is 0 Å². The van der Waals surface area contributed by atoms with Crippen LogP contribution in [0, 0.1) is 0 Å². The zero-order valence-electron chi connectivity index (χ0n) is 12.7. The third kappa shape index (κ3) is 2.92. The molecule has 1 fully saturated rings. The lowest BCUT2D eigenvalue weighted by molar-refractivity contribution is -0.215. The molecule has 22 heavy (non-hydrogen) atoms. The van der Waals surface area contributed by atoms with E-state index >= 15 is 0 Å². The van der Waals surface area contributed by atoms with Crippen LogP contribution in [0.5, 0.6) is 5.75 Å². The number of rotatable bonds is 6. The average molecular weight is 313 g/mol. The predicted molar refractivity (Wildman–Crippen MR) is 78.2 cm³/mol. The number of nitrogens with one attached hydrogen (secondary N) is 1. The summed E-state index contributed by atoms with van der Waals surface area (Å²) in [7, 11) is 1.53. The minimum atomic E-state index is -3.76. The lowest BCUT2D eigenvalue weighted by atomic mass is 9.75. The summed E-state index contributed by atoms with van der Waals surface area (Å²) in [6.45, 7) is 1.86. The summed E-state index contributed by atoms with van der Waals surface area (Å²) in [5.74, 6) is -4.72. The lowest BCUT2D eigenvalue weighted by Crippen LogP contribution is -2.60. The number of carbonyl (C=O) groups excluding carboxylic acids is 1. The van der Waals surface area contributed by atoms with Crippen LogP contribution in [0.15, 0.2) is 24.3 Å². The van der Waals surface area contributed by atoms with Crippen molar-refractivity contribution in [2.75, 3.05) is 13.7 Å². The number of benzene rings is 1. The average Bonchev–Trinajstić information content (AvgIpc) is 2.49. The zero-order chi connectivity index (χ0) is 16.4. The molecule has 1 atom stereocenters. The van der Waals surface area contributed by atoms with E-state index in [4.69, 9.17) is 4.74 Å². The van der Waals surface area contributed by atoms with E-state index in [-0.39, 0.29) is 25.3 Å². The highest BCUT2D eigenvalue weighted by atomic mass is 19.3. The molecule has 2 N–H and O–H groups in total. The van der Waals surface area contributed by atoms with Gasteiger partial charge in [0.15, 0.2) is 0 Å². The van der Waals surface area contributed by atoms with Crippen LogP contribution in [0.2, 0.25) is 0 Å². The van der Waals surface area contributed by atoms with E-state index in [0.29, 0.717) is 12.2 Å². The Balaban J connectivity index is 1.99. The Bertz CT molecular complexity index is 544. The van der Waals surface area contributed by atoms with Gasteiger partial charge in [-0.3, -0.25) is 4.79 Å². The van der Waals surface area contributed by atoms with Crippen LogP contribution < -0.4 is 10.1 Å². The van der Waals surface area contributed by atoms with E-state index in [0.717, 1.165) is 5.56 Å². The number of para-hydroxylation sites is 1. The Morgan fingerprint density at radius 1 is 1.45 bits per heavy atom. The normalized spacial score (nSPS) is 18.2. The molecule has 1 amide bonds. The van der Waals surface area contributed by atoms with E-state index < -0.39 is 17.4 Å². The summed E-state index contributed by atoms with van der Waals surface area (Å²) in [4.78, 5) is 11.7. The van der Waals surface area contributed by atoms with Gasteiger partial charge in [0.1, 0.15) is 11.4 Å². The maximum atomic E-state index is 14.0. The summed E-state index contributed by atoms with van der Waals surface area (Å²) in [6, 6.07) is 7.24. The summed E-state index contributed by atoms with van der Waals surface area (Å²) >= 11 is 0. The molecule has 0 aromatic heterocycles. The van der Waals surface area contributed by atoms with Gasteiger partial charge in [-0.1, -0.05) is 25.1 Å². The highest BCUT2D eigenvalue weighted by molar-refractivity contribution is 5.85. The molecule has 0 aliphatic heterocycles. The second-order valence-electron chi connectivity index (χ2n) is 5.81. The molecule has 1 aromatic rings. The van der Waals surface area contributed by atoms with Crippen molar-refractivity contribution >= 4 is 5.91 Å². The first kappa shape index (κ1) is 16.7. The number of halogens is 2. The molecule has 4 nitrogen and oxygen atoms in total. The molecule has 0 bridgehead atoms. The van der Waals surface area contributed by atoms with Crippen LogP contribution in [0.25, 0.3) is 0 Å². The quantitative estimate of drug-likeness (QED) is 0.848. The third-order valence-electron chi connectivity index (χ3n) is 4.29. The number of amides is 1.